The van der Waals surface area contributed by atoms with Gasteiger partial charge in [0.1, 0.15) is 0 Å². The van der Waals surface area contributed by atoms with Crippen molar-refractivity contribution in [2.24, 2.45) is 5.73 Å². The van der Waals surface area contributed by atoms with Gasteiger partial charge in [0.2, 0.25) is 0 Å². The molecule has 0 aliphatic carbocycles. The van der Waals surface area contributed by atoms with Crippen molar-refractivity contribution in [2.45, 2.75) is 12.5 Å². The number of nitriles is 1. The minimum absolute atomic E-state index is 0.175. The lowest BCUT2D eigenvalue weighted by molar-refractivity contribution is 0.210. The highest BCUT2D eigenvalue weighted by Gasteiger charge is 2.22. The van der Waals surface area contributed by atoms with Crippen LogP contribution in [-0.2, 0) is 5.54 Å². The molecule has 68 valence electrons. The highest BCUT2D eigenvalue weighted by molar-refractivity contribution is 5.41. The van der Waals surface area contributed by atoms with Crippen molar-refractivity contribution in [3.05, 3.63) is 35.4 Å². The fourth-order valence-corrected chi connectivity index (χ4v) is 1.16. The zero-order valence-corrected chi connectivity index (χ0v) is 7.49. The summed E-state index contributed by atoms with van der Waals surface area (Å²) in [6.45, 7) is 1.52. The average Bonchev–Trinajstić information content (AvgIpc) is 2.18. The Morgan fingerprint density at radius 1 is 1.54 bits per heavy atom. The van der Waals surface area contributed by atoms with Crippen LogP contribution in [0.2, 0.25) is 0 Å². The molecule has 3 nitrogen and oxygen atoms in total. The Labute approximate surface area is 77.4 Å². The first-order valence-electron chi connectivity index (χ1n) is 4.01. The minimum atomic E-state index is -0.841. The first-order chi connectivity index (χ1) is 6.11. The molecule has 0 radical (unpaired) electrons. The Balaban J connectivity index is 3.22. The third-order valence-electron chi connectivity index (χ3n) is 1.99. The summed E-state index contributed by atoms with van der Waals surface area (Å²) in [5, 5.41) is 17.8. The molecule has 0 saturated heterocycles. The van der Waals surface area contributed by atoms with Crippen LogP contribution in [0.3, 0.4) is 0 Å². The smallest absolute Gasteiger partial charge is 0.0995 e. The predicted octanol–water partition coefficient (Wildman–Crippen LogP) is 0.724. The van der Waals surface area contributed by atoms with E-state index in [0.29, 0.717) is 11.1 Å². The van der Waals surface area contributed by atoms with E-state index in [-0.39, 0.29) is 6.61 Å². The number of hydrogen-bond donors (Lipinski definition) is 2. The fourth-order valence-electron chi connectivity index (χ4n) is 1.16. The number of nitrogens with two attached hydrogens (primary N) is 1. The van der Waals surface area contributed by atoms with E-state index in [0.717, 1.165) is 0 Å². The van der Waals surface area contributed by atoms with Gasteiger partial charge in [0.05, 0.1) is 23.8 Å². The molecule has 0 heterocycles. The maximum atomic E-state index is 9.03. The van der Waals surface area contributed by atoms with Gasteiger partial charge in [0.25, 0.3) is 0 Å². The van der Waals surface area contributed by atoms with E-state index in [1.54, 1.807) is 31.2 Å². The Bertz CT molecular complexity index is 339. The van der Waals surface area contributed by atoms with E-state index in [2.05, 4.69) is 0 Å². The molecule has 0 fully saturated rings. The monoisotopic (exact) mass is 176 g/mol. The molecule has 0 bridgehead atoms. The minimum Gasteiger partial charge on any atom is -0.394 e. The first kappa shape index (κ1) is 9.72. The summed E-state index contributed by atoms with van der Waals surface area (Å²) in [5.74, 6) is 0. The lowest BCUT2D eigenvalue weighted by Gasteiger charge is -2.23. The molecule has 1 aromatic rings. The van der Waals surface area contributed by atoms with Crippen LogP contribution in [0.1, 0.15) is 18.1 Å². The summed E-state index contributed by atoms with van der Waals surface area (Å²) in [7, 11) is 0. The second kappa shape index (κ2) is 3.56. The normalized spacial score (nSPS) is 14.6. The first-order valence-corrected chi connectivity index (χ1v) is 4.01. The lowest BCUT2D eigenvalue weighted by Crippen LogP contribution is -2.37. The SMILES string of the molecule is CC(N)(CO)c1ccccc1C#N. The molecule has 1 atom stereocenters. The van der Waals surface area contributed by atoms with Crippen LogP contribution in [-0.4, -0.2) is 11.7 Å². The van der Waals surface area contributed by atoms with Crippen LogP contribution < -0.4 is 5.73 Å². The maximum Gasteiger partial charge on any atom is 0.0995 e. The zero-order valence-electron chi connectivity index (χ0n) is 7.49. The molecule has 1 aromatic carbocycles. The van der Waals surface area contributed by atoms with Crippen molar-refractivity contribution in [3.8, 4) is 6.07 Å². The van der Waals surface area contributed by atoms with E-state index >= 15 is 0 Å². The number of nitrogens with zero attached hydrogens (tertiary/aromatic N) is 1. The van der Waals surface area contributed by atoms with Gasteiger partial charge < -0.3 is 10.8 Å². The molecule has 0 spiro atoms. The van der Waals surface area contributed by atoms with Gasteiger partial charge in [-0.25, -0.2) is 0 Å². The zero-order chi connectivity index (χ0) is 9.90. The summed E-state index contributed by atoms with van der Waals surface area (Å²) in [4.78, 5) is 0. The van der Waals surface area contributed by atoms with E-state index in [9.17, 15) is 0 Å². The van der Waals surface area contributed by atoms with Crippen molar-refractivity contribution < 1.29 is 5.11 Å². The van der Waals surface area contributed by atoms with Crippen LogP contribution in [0.25, 0.3) is 0 Å². The van der Waals surface area contributed by atoms with Gasteiger partial charge in [-0.15, -0.1) is 0 Å². The van der Waals surface area contributed by atoms with Gasteiger partial charge >= 0.3 is 0 Å². The van der Waals surface area contributed by atoms with E-state index < -0.39 is 5.54 Å². The molecule has 0 saturated carbocycles. The lowest BCUT2D eigenvalue weighted by atomic mass is 9.90. The summed E-state index contributed by atoms with van der Waals surface area (Å²) < 4.78 is 0. The molecule has 0 aliphatic heterocycles. The van der Waals surface area contributed by atoms with Gasteiger partial charge in [-0.1, -0.05) is 18.2 Å². The molecule has 1 rings (SSSR count). The summed E-state index contributed by atoms with van der Waals surface area (Å²) in [5.41, 5.74) is 6.17. The molecular weight excluding hydrogens is 164 g/mol. The quantitative estimate of drug-likeness (QED) is 0.697. The maximum absolute atomic E-state index is 9.03. The molecule has 3 N–H and O–H groups in total. The Morgan fingerprint density at radius 3 is 2.69 bits per heavy atom. The molecule has 3 heteroatoms. The highest BCUT2D eigenvalue weighted by Crippen LogP contribution is 2.20. The number of aliphatic hydroxyl groups excluding tert-OH is 1. The molecule has 1 unspecified atom stereocenters. The third kappa shape index (κ3) is 1.86. The Hall–Kier alpha value is -1.37. The fraction of sp³-hybridized carbons (Fsp3) is 0.300. The van der Waals surface area contributed by atoms with Crippen molar-refractivity contribution in [1.29, 1.82) is 5.26 Å². The average molecular weight is 176 g/mol. The van der Waals surface area contributed by atoms with Crippen LogP contribution in [0.4, 0.5) is 0 Å². The van der Waals surface area contributed by atoms with Crippen LogP contribution in [0.15, 0.2) is 24.3 Å². The molecule has 0 amide bonds. The second-order valence-electron chi connectivity index (χ2n) is 3.23. The largest absolute Gasteiger partial charge is 0.394 e. The van der Waals surface area contributed by atoms with Crippen molar-refractivity contribution in [1.82, 2.24) is 0 Å². The molecule has 13 heavy (non-hydrogen) atoms. The summed E-state index contributed by atoms with van der Waals surface area (Å²) >= 11 is 0. The van der Waals surface area contributed by atoms with Gasteiger partial charge in [0.15, 0.2) is 0 Å². The standard InChI is InChI=1S/C10H12N2O/c1-10(12,7-13)9-5-3-2-4-8(9)6-11/h2-5,13H,7,12H2,1H3. The topological polar surface area (TPSA) is 70.0 Å². The van der Waals surface area contributed by atoms with Crippen molar-refractivity contribution in [3.63, 3.8) is 0 Å². The number of hydrogen-bond acceptors (Lipinski definition) is 3. The number of rotatable bonds is 2. The summed E-state index contributed by atoms with van der Waals surface area (Å²) in [6.07, 6.45) is 0. The van der Waals surface area contributed by atoms with E-state index in [4.69, 9.17) is 16.1 Å². The van der Waals surface area contributed by atoms with Gasteiger partial charge in [-0.2, -0.15) is 5.26 Å². The molecule has 0 aliphatic rings. The van der Waals surface area contributed by atoms with Crippen LogP contribution >= 0.6 is 0 Å². The van der Waals surface area contributed by atoms with Crippen LogP contribution in [0, 0.1) is 11.3 Å². The summed E-state index contributed by atoms with van der Waals surface area (Å²) in [6, 6.07) is 9.07. The highest BCUT2D eigenvalue weighted by atomic mass is 16.3. The number of benzene rings is 1. The second-order valence-corrected chi connectivity index (χ2v) is 3.23. The van der Waals surface area contributed by atoms with Gasteiger partial charge in [0, 0.05) is 0 Å². The Morgan fingerprint density at radius 2 is 2.15 bits per heavy atom. The number of aliphatic hydroxyl groups is 1. The van der Waals surface area contributed by atoms with E-state index in [1.807, 2.05) is 6.07 Å². The van der Waals surface area contributed by atoms with E-state index in [1.165, 1.54) is 0 Å². The molecule has 0 aromatic heterocycles. The molecular formula is C10H12N2O. The van der Waals surface area contributed by atoms with Gasteiger partial charge in [-0.05, 0) is 18.6 Å². The van der Waals surface area contributed by atoms with Crippen molar-refractivity contribution in [2.75, 3.05) is 6.61 Å². The third-order valence-corrected chi connectivity index (χ3v) is 1.99. The van der Waals surface area contributed by atoms with Crippen molar-refractivity contribution >= 4 is 0 Å². The van der Waals surface area contributed by atoms with Crippen LogP contribution in [0.5, 0.6) is 0 Å². The van der Waals surface area contributed by atoms with Gasteiger partial charge in [-0.3, -0.25) is 0 Å². The Kier molecular flexibility index (Phi) is 2.66. The predicted molar refractivity (Wildman–Crippen MR) is 49.8 cm³/mol.